The molecule has 1 N–H and O–H groups in total. The van der Waals surface area contributed by atoms with E-state index in [2.05, 4.69) is 32.6 Å². The van der Waals surface area contributed by atoms with Crippen LogP contribution in [0.5, 0.6) is 0 Å². The zero-order valence-electron chi connectivity index (χ0n) is 22.1. The van der Waals surface area contributed by atoms with Gasteiger partial charge >= 0.3 is 0 Å². The summed E-state index contributed by atoms with van der Waals surface area (Å²) in [6.07, 6.45) is 8.22. The second-order valence-corrected chi connectivity index (χ2v) is 13.2. The number of morpholine rings is 1. The fourth-order valence-electron chi connectivity index (χ4n) is 9.97. The molecule has 0 spiro atoms. The number of aliphatic hydroxyl groups excluding tert-OH is 1. The topological polar surface area (TPSA) is 66.8 Å². The molecule has 0 radical (unpaired) electrons. The summed E-state index contributed by atoms with van der Waals surface area (Å²) >= 11 is 0. The van der Waals surface area contributed by atoms with E-state index in [0.717, 1.165) is 71.1 Å². The smallest absolute Gasteiger partial charge is 0.137 e. The van der Waals surface area contributed by atoms with Gasteiger partial charge in [-0.2, -0.15) is 0 Å². The molecule has 0 aromatic carbocycles. The Hall–Kier alpha value is -0.780. The lowest BCUT2D eigenvalue weighted by atomic mass is 9.43. The zero-order chi connectivity index (χ0) is 24.5. The number of ketones is 2. The molecule has 0 aromatic rings. The number of fused-ring (bicyclic) bond motifs is 5. The van der Waals surface area contributed by atoms with E-state index in [1.165, 1.54) is 0 Å². The van der Waals surface area contributed by atoms with Crippen LogP contribution in [0.25, 0.3) is 0 Å². The van der Waals surface area contributed by atoms with Crippen LogP contribution in [-0.2, 0) is 14.3 Å². The molecule has 1 saturated heterocycles. The molecule has 4 saturated carbocycles. The standard InChI is InChI=1S/C29H47NO4/c1-6-29(7-2)17-30(12-13-34-29)23-15-27(4)19(14-24(23)32)8-9-20-22-11-10-21(18(3)31)28(22,5)16-25(33)26(20)27/h19-24,26,32H,6-17H2,1-5H3/t19-,20-,21+,22-,23-,24-,26+,27-,28+/m0/s1. The third kappa shape index (κ3) is 3.58. The number of nitrogens with zero attached hydrogens (tertiary/aromatic N) is 1. The molecule has 192 valence electrons. The number of rotatable bonds is 4. The van der Waals surface area contributed by atoms with Crippen molar-refractivity contribution in [3.63, 3.8) is 0 Å². The number of hydrogen-bond donors (Lipinski definition) is 1. The summed E-state index contributed by atoms with van der Waals surface area (Å²) in [5.41, 5.74) is -0.315. The molecule has 0 unspecified atom stereocenters. The van der Waals surface area contributed by atoms with Crippen molar-refractivity contribution in [2.24, 2.45) is 40.4 Å². The van der Waals surface area contributed by atoms with Crippen LogP contribution >= 0.6 is 0 Å². The van der Waals surface area contributed by atoms with Crippen molar-refractivity contribution >= 4 is 11.6 Å². The molecule has 1 heterocycles. The van der Waals surface area contributed by atoms with Crippen LogP contribution in [0.3, 0.4) is 0 Å². The summed E-state index contributed by atoms with van der Waals surface area (Å²) < 4.78 is 6.24. The fraction of sp³-hybridized carbons (Fsp3) is 0.931. The molecule has 1 aliphatic heterocycles. The highest BCUT2D eigenvalue weighted by Gasteiger charge is 2.65. The highest BCUT2D eigenvalue weighted by Crippen LogP contribution is 2.66. The quantitative estimate of drug-likeness (QED) is 0.644. The van der Waals surface area contributed by atoms with Crippen LogP contribution < -0.4 is 0 Å². The van der Waals surface area contributed by atoms with E-state index >= 15 is 0 Å². The van der Waals surface area contributed by atoms with Crippen molar-refractivity contribution in [1.82, 2.24) is 4.90 Å². The summed E-state index contributed by atoms with van der Waals surface area (Å²) in [6.45, 7) is 13.3. The van der Waals surface area contributed by atoms with Gasteiger partial charge in [-0.1, -0.05) is 27.7 Å². The maximum absolute atomic E-state index is 14.0. The Labute approximate surface area is 206 Å². The second-order valence-electron chi connectivity index (χ2n) is 13.2. The monoisotopic (exact) mass is 473 g/mol. The third-order valence-corrected chi connectivity index (χ3v) is 11.9. The van der Waals surface area contributed by atoms with E-state index in [-0.39, 0.29) is 46.2 Å². The number of carbonyl (C=O) groups is 2. The number of Topliss-reactive ketones (excluding diaryl/α,β-unsaturated/α-hetero) is 2. The average molecular weight is 474 g/mol. The maximum atomic E-state index is 14.0. The molecule has 5 nitrogen and oxygen atoms in total. The minimum absolute atomic E-state index is 0.0541. The Kier molecular flexibility index (Phi) is 6.34. The molecule has 5 rings (SSSR count). The van der Waals surface area contributed by atoms with Crippen molar-refractivity contribution in [1.29, 1.82) is 0 Å². The summed E-state index contributed by atoms with van der Waals surface area (Å²) in [7, 11) is 0. The van der Waals surface area contributed by atoms with Gasteiger partial charge in [-0.3, -0.25) is 14.5 Å². The van der Waals surface area contributed by atoms with Crippen molar-refractivity contribution in [2.75, 3.05) is 19.7 Å². The summed E-state index contributed by atoms with van der Waals surface area (Å²) in [6, 6.07) is 0.107. The average Bonchev–Trinajstić information content (AvgIpc) is 3.15. The summed E-state index contributed by atoms with van der Waals surface area (Å²) in [5, 5.41) is 11.3. The van der Waals surface area contributed by atoms with E-state index in [1.807, 2.05) is 0 Å². The Bertz CT molecular complexity index is 823. The number of aliphatic hydroxyl groups is 1. The van der Waals surface area contributed by atoms with Gasteiger partial charge in [0, 0.05) is 37.4 Å². The van der Waals surface area contributed by atoms with Gasteiger partial charge in [-0.15, -0.1) is 0 Å². The molecule has 0 aromatic heterocycles. The lowest BCUT2D eigenvalue weighted by molar-refractivity contribution is -0.181. The Balaban J connectivity index is 1.42. The van der Waals surface area contributed by atoms with Crippen LogP contribution in [-0.4, -0.2) is 59.0 Å². The molecule has 4 aliphatic carbocycles. The van der Waals surface area contributed by atoms with Gasteiger partial charge in [0.25, 0.3) is 0 Å². The first-order valence-electron chi connectivity index (χ1n) is 14.2. The van der Waals surface area contributed by atoms with E-state index in [1.54, 1.807) is 6.92 Å². The minimum atomic E-state index is -0.323. The Morgan fingerprint density at radius 2 is 1.85 bits per heavy atom. The van der Waals surface area contributed by atoms with Crippen LogP contribution in [0.15, 0.2) is 0 Å². The summed E-state index contributed by atoms with van der Waals surface area (Å²) in [5.74, 6) is 2.15. The lowest BCUT2D eigenvalue weighted by Crippen LogP contribution is -2.64. The fourth-order valence-corrected chi connectivity index (χ4v) is 9.97. The van der Waals surface area contributed by atoms with Crippen LogP contribution in [0.4, 0.5) is 0 Å². The molecule has 5 heteroatoms. The molecular formula is C29H47NO4. The first kappa shape index (κ1) is 24.9. The highest BCUT2D eigenvalue weighted by molar-refractivity contribution is 5.87. The molecule has 0 amide bonds. The molecule has 0 bridgehead atoms. The second kappa shape index (κ2) is 8.66. The zero-order valence-corrected chi connectivity index (χ0v) is 22.1. The van der Waals surface area contributed by atoms with Gasteiger partial charge in [-0.05, 0) is 86.9 Å². The first-order chi connectivity index (χ1) is 16.1. The van der Waals surface area contributed by atoms with E-state index in [4.69, 9.17) is 4.74 Å². The Morgan fingerprint density at radius 1 is 1.12 bits per heavy atom. The SMILES string of the molecule is CCC1(CC)CN([C@H]2C[C@@]3(C)[C@@H](CC[C@H]4[C@@H]5CC[C@H](C(C)=O)[C@@]5(C)CC(=O)[C@@H]43)C[C@@H]2O)CCO1. The first-order valence-corrected chi connectivity index (χ1v) is 14.2. The van der Waals surface area contributed by atoms with Crippen LogP contribution in [0, 0.1) is 40.4 Å². The van der Waals surface area contributed by atoms with Gasteiger partial charge < -0.3 is 9.84 Å². The van der Waals surface area contributed by atoms with Gasteiger partial charge in [-0.25, -0.2) is 0 Å². The largest absolute Gasteiger partial charge is 0.391 e. The van der Waals surface area contributed by atoms with Gasteiger partial charge in [0.1, 0.15) is 11.6 Å². The normalized spacial score (nSPS) is 48.6. The van der Waals surface area contributed by atoms with Crippen molar-refractivity contribution in [3.8, 4) is 0 Å². The van der Waals surface area contributed by atoms with E-state index in [9.17, 15) is 14.7 Å². The van der Waals surface area contributed by atoms with Gasteiger partial charge in [0.05, 0.1) is 18.3 Å². The number of ether oxygens (including phenoxy) is 1. The lowest BCUT2D eigenvalue weighted by Gasteiger charge is -2.62. The van der Waals surface area contributed by atoms with Crippen molar-refractivity contribution in [2.45, 2.75) is 110 Å². The maximum Gasteiger partial charge on any atom is 0.137 e. The summed E-state index contributed by atoms with van der Waals surface area (Å²) in [4.78, 5) is 28.9. The number of hydrogen-bond acceptors (Lipinski definition) is 5. The predicted molar refractivity (Wildman–Crippen MR) is 132 cm³/mol. The van der Waals surface area contributed by atoms with Crippen LogP contribution in [0.1, 0.15) is 92.4 Å². The molecule has 5 fully saturated rings. The minimum Gasteiger partial charge on any atom is -0.391 e. The number of carbonyl (C=O) groups excluding carboxylic acids is 2. The van der Waals surface area contributed by atoms with E-state index in [0.29, 0.717) is 30.0 Å². The van der Waals surface area contributed by atoms with Crippen LogP contribution in [0.2, 0.25) is 0 Å². The van der Waals surface area contributed by atoms with E-state index < -0.39 is 0 Å². The van der Waals surface area contributed by atoms with Gasteiger partial charge in [0.15, 0.2) is 0 Å². The predicted octanol–water partition coefficient (Wildman–Crippen LogP) is 4.64. The van der Waals surface area contributed by atoms with Crippen molar-refractivity contribution < 1.29 is 19.4 Å². The highest BCUT2D eigenvalue weighted by atomic mass is 16.5. The van der Waals surface area contributed by atoms with Gasteiger partial charge in [0.2, 0.25) is 0 Å². The molecule has 5 aliphatic rings. The third-order valence-electron chi connectivity index (χ3n) is 11.9. The molecule has 34 heavy (non-hydrogen) atoms. The Morgan fingerprint density at radius 3 is 2.53 bits per heavy atom. The molecule has 9 atom stereocenters. The molecular weight excluding hydrogens is 426 g/mol. The van der Waals surface area contributed by atoms with Crippen molar-refractivity contribution in [3.05, 3.63) is 0 Å².